The zero-order chi connectivity index (χ0) is 35.3. The van der Waals surface area contributed by atoms with Gasteiger partial charge in [-0.15, -0.1) is 0 Å². The first-order valence-corrected chi connectivity index (χ1v) is 17.9. The number of rotatable bonds is 4. The molecule has 0 unspecified atom stereocenters. The highest BCUT2D eigenvalue weighted by molar-refractivity contribution is 6.26. The van der Waals surface area contributed by atoms with Crippen LogP contribution in [0, 0.1) is 0 Å². The Kier molecular flexibility index (Phi) is 6.23. The van der Waals surface area contributed by atoms with Crippen LogP contribution in [0.25, 0.3) is 100 Å². The van der Waals surface area contributed by atoms with Crippen LogP contribution in [0.2, 0.25) is 0 Å². The summed E-state index contributed by atoms with van der Waals surface area (Å²) in [6.07, 6.45) is 0. The van der Waals surface area contributed by atoms with Gasteiger partial charge in [0.1, 0.15) is 16.7 Å². The maximum Gasteiger partial charge on any atom is 0.227 e. The van der Waals surface area contributed by atoms with Crippen molar-refractivity contribution in [3.63, 3.8) is 0 Å². The average molecular weight is 682 g/mol. The van der Waals surface area contributed by atoms with Crippen LogP contribution >= 0.6 is 0 Å². The highest BCUT2D eigenvalue weighted by Crippen LogP contribution is 2.52. The Morgan fingerprint density at radius 1 is 0.472 bits per heavy atom. The van der Waals surface area contributed by atoms with E-state index in [4.69, 9.17) is 23.8 Å². The van der Waals surface area contributed by atoms with Gasteiger partial charge in [-0.1, -0.05) is 123 Å². The van der Waals surface area contributed by atoms with E-state index in [9.17, 15) is 0 Å². The predicted molar refractivity (Wildman–Crippen MR) is 214 cm³/mol. The van der Waals surface area contributed by atoms with E-state index in [1.165, 1.54) is 22.3 Å². The van der Waals surface area contributed by atoms with Gasteiger partial charge in [-0.05, 0) is 75.5 Å². The van der Waals surface area contributed by atoms with Gasteiger partial charge in [0.15, 0.2) is 11.4 Å². The molecule has 0 amide bonds. The van der Waals surface area contributed by atoms with Crippen molar-refractivity contribution in [1.82, 2.24) is 15.0 Å². The van der Waals surface area contributed by atoms with Crippen molar-refractivity contribution >= 4 is 43.8 Å². The quantitative estimate of drug-likeness (QED) is 0.185. The smallest absolute Gasteiger partial charge is 0.227 e. The fourth-order valence-electron chi connectivity index (χ4n) is 8.42. The molecule has 0 saturated carbocycles. The molecule has 0 aliphatic heterocycles. The summed E-state index contributed by atoms with van der Waals surface area (Å²) in [5.74, 6) is 1.25. The number of fused-ring (bicyclic) bond motifs is 10. The van der Waals surface area contributed by atoms with E-state index in [1.807, 2.05) is 54.6 Å². The molecule has 53 heavy (non-hydrogen) atoms. The van der Waals surface area contributed by atoms with Crippen LogP contribution in [0.4, 0.5) is 0 Å². The molecule has 5 heteroatoms. The molecule has 1 aliphatic carbocycles. The number of furan rings is 1. The number of benzene rings is 7. The van der Waals surface area contributed by atoms with Gasteiger partial charge in [0, 0.05) is 33.1 Å². The number of hydrogen-bond donors (Lipinski definition) is 0. The Morgan fingerprint density at radius 2 is 1.13 bits per heavy atom. The molecule has 1 aliphatic rings. The molecule has 250 valence electrons. The number of hydrogen-bond acceptors (Lipinski definition) is 5. The van der Waals surface area contributed by atoms with E-state index >= 15 is 0 Å². The van der Waals surface area contributed by atoms with E-state index in [-0.39, 0.29) is 5.41 Å². The number of oxazole rings is 1. The van der Waals surface area contributed by atoms with Crippen molar-refractivity contribution in [2.45, 2.75) is 19.3 Å². The first-order chi connectivity index (χ1) is 26.0. The SMILES string of the molecule is CC1(C)c2ccccc2-c2c(-c3cc(-c4ccccc4)nc(-c4cccc5c4ccc4oc6ccc7nc(-c8ccccc8)oc7c6c45)n3)cccc21. The van der Waals surface area contributed by atoms with E-state index < -0.39 is 0 Å². The highest BCUT2D eigenvalue weighted by atomic mass is 16.4. The summed E-state index contributed by atoms with van der Waals surface area (Å²) in [5.41, 5.74) is 13.9. The fourth-order valence-corrected chi connectivity index (χ4v) is 8.42. The van der Waals surface area contributed by atoms with E-state index in [0.29, 0.717) is 17.3 Å². The van der Waals surface area contributed by atoms with Crippen molar-refractivity contribution < 1.29 is 8.83 Å². The lowest BCUT2D eigenvalue weighted by Gasteiger charge is -2.21. The summed E-state index contributed by atoms with van der Waals surface area (Å²) >= 11 is 0. The summed E-state index contributed by atoms with van der Waals surface area (Å²) < 4.78 is 13.0. The minimum atomic E-state index is -0.120. The van der Waals surface area contributed by atoms with Gasteiger partial charge in [0.2, 0.25) is 5.89 Å². The molecular weight excluding hydrogens is 651 g/mol. The topological polar surface area (TPSA) is 65.0 Å². The molecule has 3 aromatic heterocycles. The van der Waals surface area contributed by atoms with Crippen molar-refractivity contribution in [3.8, 4) is 56.5 Å². The molecule has 0 N–H and O–H groups in total. The van der Waals surface area contributed by atoms with Crippen molar-refractivity contribution in [3.05, 3.63) is 163 Å². The molecule has 0 fully saturated rings. The highest BCUT2D eigenvalue weighted by Gasteiger charge is 2.37. The minimum Gasteiger partial charge on any atom is -0.456 e. The van der Waals surface area contributed by atoms with Crippen molar-refractivity contribution in [2.75, 3.05) is 0 Å². The van der Waals surface area contributed by atoms with Gasteiger partial charge in [0.25, 0.3) is 0 Å². The van der Waals surface area contributed by atoms with Gasteiger partial charge in [-0.25, -0.2) is 15.0 Å². The summed E-state index contributed by atoms with van der Waals surface area (Å²) in [6, 6.07) is 52.4. The maximum atomic E-state index is 6.51. The normalized spacial score (nSPS) is 13.2. The molecule has 5 nitrogen and oxygen atoms in total. The summed E-state index contributed by atoms with van der Waals surface area (Å²) in [6.45, 7) is 4.63. The van der Waals surface area contributed by atoms with Crippen LogP contribution in [0.3, 0.4) is 0 Å². The van der Waals surface area contributed by atoms with Crippen LogP contribution in [-0.4, -0.2) is 15.0 Å². The third-order valence-electron chi connectivity index (χ3n) is 11.0. The zero-order valence-corrected chi connectivity index (χ0v) is 29.1. The molecule has 7 aromatic carbocycles. The second-order valence-corrected chi connectivity index (χ2v) is 14.3. The lowest BCUT2D eigenvalue weighted by atomic mass is 9.82. The predicted octanol–water partition coefficient (Wildman–Crippen LogP) is 12.6. The van der Waals surface area contributed by atoms with Gasteiger partial charge in [0.05, 0.1) is 16.8 Å². The van der Waals surface area contributed by atoms with Gasteiger partial charge < -0.3 is 8.83 Å². The maximum absolute atomic E-state index is 6.51. The molecule has 3 heterocycles. The third-order valence-corrected chi connectivity index (χ3v) is 11.0. The molecule has 0 atom stereocenters. The summed E-state index contributed by atoms with van der Waals surface area (Å²) in [4.78, 5) is 15.5. The first kappa shape index (κ1) is 29.8. The number of nitrogens with zero attached hydrogens (tertiary/aromatic N) is 3. The lowest BCUT2D eigenvalue weighted by Crippen LogP contribution is -2.14. The van der Waals surface area contributed by atoms with E-state index in [0.717, 1.165) is 71.9 Å². The largest absolute Gasteiger partial charge is 0.456 e. The molecule has 11 rings (SSSR count). The Bertz CT molecular complexity index is 3080. The Labute approximate surface area is 305 Å². The van der Waals surface area contributed by atoms with Crippen LogP contribution in [0.5, 0.6) is 0 Å². The van der Waals surface area contributed by atoms with E-state index in [2.05, 4.69) is 111 Å². The monoisotopic (exact) mass is 681 g/mol. The van der Waals surface area contributed by atoms with Crippen LogP contribution in [-0.2, 0) is 5.41 Å². The second-order valence-electron chi connectivity index (χ2n) is 14.3. The molecule has 0 bridgehead atoms. The second kappa shape index (κ2) is 11.1. The summed E-state index contributed by atoms with van der Waals surface area (Å²) in [7, 11) is 0. The fraction of sp³-hybridized carbons (Fsp3) is 0.0625. The molecule has 10 aromatic rings. The number of aromatic nitrogens is 3. The molecule has 0 radical (unpaired) electrons. The van der Waals surface area contributed by atoms with Crippen molar-refractivity contribution in [2.24, 2.45) is 0 Å². The summed E-state index contributed by atoms with van der Waals surface area (Å²) in [5, 5.41) is 3.97. The van der Waals surface area contributed by atoms with Gasteiger partial charge in [-0.3, -0.25) is 0 Å². The average Bonchev–Trinajstić information content (AvgIpc) is 3.89. The Hall–Kier alpha value is -6.85. The Balaban J connectivity index is 1.16. The first-order valence-electron chi connectivity index (χ1n) is 17.9. The van der Waals surface area contributed by atoms with Crippen LogP contribution in [0.1, 0.15) is 25.0 Å². The van der Waals surface area contributed by atoms with Crippen LogP contribution < -0.4 is 0 Å². The third kappa shape index (κ3) is 4.40. The van der Waals surface area contributed by atoms with Crippen LogP contribution in [0.15, 0.2) is 160 Å². The van der Waals surface area contributed by atoms with Gasteiger partial charge in [-0.2, -0.15) is 0 Å². The van der Waals surface area contributed by atoms with Crippen molar-refractivity contribution in [1.29, 1.82) is 0 Å². The standard InChI is InChI=1S/C48H31N3O2/c1-48(2)35-21-10-9-17-33(35)42-34(20-12-22-36(42)48)39-27-38(28-13-5-3-6-14-28)49-46(50-39)32-19-11-18-31-30(32)23-25-40-43(31)44-41(52-40)26-24-37-45(44)53-47(51-37)29-15-7-4-8-16-29/h3-27H,1-2H3. The van der Waals surface area contributed by atoms with E-state index in [1.54, 1.807) is 0 Å². The Morgan fingerprint density at radius 3 is 1.98 bits per heavy atom. The molecule has 0 saturated heterocycles. The lowest BCUT2D eigenvalue weighted by molar-refractivity contribution is 0.622. The molecule has 0 spiro atoms. The zero-order valence-electron chi connectivity index (χ0n) is 29.1. The minimum absolute atomic E-state index is 0.120. The van der Waals surface area contributed by atoms with Gasteiger partial charge >= 0.3 is 0 Å². The molecular formula is C48H31N3O2.